The van der Waals surface area contributed by atoms with Crippen LogP contribution in [0.15, 0.2) is 11.6 Å². The van der Waals surface area contributed by atoms with Gasteiger partial charge in [-0.3, -0.25) is 0 Å². The topological polar surface area (TPSA) is 24.9 Å². The van der Waals surface area contributed by atoms with Crippen molar-refractivity contribution in [3.8, 4) is 0 Å². The first kappa shape index (κ1) is 12.8. The van der Waals surface area contributed by atoms with Crippen molar-refractivity contribution in [1.82, 2.24) is 10.3 Å². The van der Waals surface area contributed by atoms with E-state index in [4.69, 9.17) is 0 Å². The number of rotatable bonds is 3. The third kappa shape index (κ3) is 3.67. The summed E-state index contributed by atoms with van der Waals surface area (Å²) in [5, 5.41) is 6.17. The molecule has 1 aromatic rings. The highest BCUT2D eigenvalue weighted by atomic mass is 32.1. The molecule has 0 spiro atoms. The molecule has 0 atom stereocenters. The van der Waals surface area contributed by atoms with E-state index in [2.05, 4.69) is 10.3 Å². The Morgan fingerprint density at radius 2 is 2.00 bits per heavy atom. The summed E-state index contributed by atoms with van der Waals surface area (Å²) in [6, 6.07) is 0.206. The summed E-state index contributed by atoms with van der Waals surface area (Å²) in [7, 11) is 0. The molecular weight excluding hydrogens is 249 g/mol. The van der Waals surface area contributed by atoms with Crippen molar-refractivity contribution in [3.05, 3.63) is 16.6 Å². The number of thiazole rings is 1. The summed E-state index contributed by atoms with van der Waals surface area (Å²) in [5.74, 6) is -1.10. The van der Waals surface area contributed by atoms with Crippen LogP contribution in [0.25, 0.3) is 0 Å². The van der Waals surface area contributed by atoms with Crippen LogP contribution in [0, 0.1) is 5.92 Å². The van der Waals surface area contributed by atoms with Gasteiger partial charge < -0.3 is 5.32 Å². The number of hydrogen-bond donors (Lipinski definition) is 1. The number of alkyl halides is 3. The maximum atomic E-state index is 12.4. The van der Waals surface area contributed by atoms with Crippen LogP contribution >= 0.6 is 11.3 Å². The molecule has 1 aliphatic carbocycles. The van der Waals surface area contributed by atoms with Gasteiger partial charge in [-0.05, 0) is 25.7 Å². The Balaban J connectivity index is 1.72. The largest absolute Gasteiger partial charge is 0.391 e. The molecule has 0 radical (unpaired) electrons. The molecule has 2 nitrogen and oxygen atoms in total. The molecule has 96 valence electrons. The van der Waals surface area contributed by atoms with Gasteiger partial charge in [0.2, 0.25) is 0 Å². The van der Waals surface area contributed by atoms with Gasteiger partial charge in [0.25, 0.3) is 0 Å². The lowest BCUT2D eigenvalue weighted by atomic mass is 9.85. The lowest BCUT2D eigenvalue weighted by Crippen LogP contribution is -2.36. The molecule has 1 aliphatic rings. The standard InChI is InChI=1S/C11H15F3N2S/c12-11(13,14)8-1-3-9(4-2-8)16-7-10-15-5-6-17-10/h5-6,8-9,16H,1-4,7H2. The maximum Gasteiger partial charge on any atom is 0.391 e. The van der Waals surface area contributed by atoms with Gasteiger partial charge in [0.05, 0.1) is 5.92 Å². The Bertz CT molecular complexity index is 329. The Morgan fingerprint density at radius 3 is 2.53 bits per heavy atom. The minimum atomic E-state index is -4.01. The zero-order chi connectivity index (χ0) is 12.3. The lowest BCUT2D eigenvalue weighted by molar-refractivity contribution is -0.182. The van der Waals surface area contributed by atoms with Gasteiger partial charge in [-0.1, -0.05) is 0 Å². The summed E-state index contributed by atoms with van der Waals surface area (Å²) in [5.41, 5.74) is 0. The summed E-state index contributed by atoms with van der Waals surface area (Å²) in [6.07, 6.45) is -0.564. The Hall–Kier alpha value is -0.620. The number of hydrogen-bond acceptors (Lipinski definition) is 3. The predicted molar refractivity (Wildman–Crippen MR) is 60.8 cm³/mol. The third-order valence-electron chi connectivity index (χ3n) is 3.22. The molecule has 1 heterocycles. The second kappa shape index (κ2) is 5.35. The molecule has 1 N–H and O–H groups in total. The fourth-order valence-electron chi connectivity index (χ4n) is 2.20. The third-order valence-corrected chi connectivity index (χ3v) is 4.00. The smallest absolute Gasteiger partial charge is 0.308 e. The first-order chi connectivity index (χ1) is 8.05. The van der Waals surface area contributed by atoms with Crippen molar-refractivity contribution in [2.24, 2.45) is 5.92 Å². The van der Waals surface area contributed by atoms with E-state index in [1.54, 1.807) is 17.5 Å². The molecule has 6 heteroatoms. The molecule has 0 aliphatic heterocycles. The molecule has 0 unspecified atom stereocenters. The second-order valence-electron chi connectivity index (χ2n) is 4.40. The zero-order valence-corrected chi connectivity index (χ0v) is 10.2. The van der Waals surface area contributed by atoms with E-state index in [0.717, 1.165) is 5.01 Å². The molecule has 1 aromatic heterocycles. The van der Waals surface area contributed by atoms with Crippen LogP contribution in [0.2, 0.25) is 0 Å². The summed E-state index contributed by atoms with van der Waals surface area (Å²) in [6.45, 7) is 0.666. The highest BCUT2D eigenvalue weighted by Crippen LogP contribution is 2.37. The van der Waals surface area contributed by atoms with Gasteiger partial charge in [0, 0.05) is 24.2 Å². The number of aromatic nitrogens is 1. The van der Waals surface area contributed by atoms with E-state index in [9.17, 15) is 13.2 Å². The van der Waals surface area contributed by atoms with E-state index in [-0.39, 0.29) is 18.9 Å². The summed E-state index contributed by atoms with van der Waals surface area (Å²) in [4.78, 5) is 4.13. The molecule has 2 rings (SSSR count). The van der Waals surface area contributed by atoms with E-state index in [1.807, 2.05) is 5.38 Å². The van der Waals surface area contributed by atoms with Crippen molar-refractivity contribution in [3.63, 3.8) is 0 Å². The van der Waals surface area contributed by atoms with Crippen molar-refractivity contribution in [2.45, 2.75) is 44.4 Å². The summed E-state index contributed by atoms with van der Waals surface area (Å²) >= 11 is 1.56. The van der Waals surface area contributed by atoms with E-state index < -0.39 is 12.1 Å². The number of nitrogens with one attached hydrogen (secondary N) is 1. The fraction of sp³-hybridized carbons (Fsp3) is 0.727. The average Bonchev–Trinajstić information content (AvgIpc) is 2.78. The van der Waals surface area contributed by atoms with Gasteiger partial charge in [-0.25, -0.2) is 4.98 Å². The van der Waals surface area contributed by atoms with E-state index in [1.165, 1.54) is 0 Å². The first-order valence-corrected chi connectivity index (χ1v) is 6.62. The van der Waals surface area contributed by atoms with E-state index >= 15 is 0 Å². The number of halogens is 3. The van der Waals surface area contributed by atoms with Crippen LogP contribution < -0.4 is 5.32 Å². The minimum Gasteiger partial charge on any atom is -0.308 e. The normalized spacial score (nSPS) is 26.1. The minimum absolute atomic E-state index is 0.206. The SMILES string of the molecule is FC(F)(F)C1CCC(NCc2nccs2)CC1. The molecule has 1 fully saturated rings. The monoisotopic (exact) mass is 264 g/mol. The van der Waals surface area contributed by atoms with Crippen molar-refractivity contribution >= 4 is 11.3 Å². The fourth-order valence-corrected chi connectivity index (χ4v) is 2.76. The average molecular weight is 264 g/mol. The van der Waals surface area contributed by atoms with Gasteiger partial charge in [-0.2, -0.15) is 13.2 Å². The molecule has 0 saturated heterocycles. The van der Waals surface area contributed by atoms with E-state index in [0.29, 0.717) is 19.4 Å². The Morgan fingerprint density at radius 1 is 1.29 bits per heavy atom. The summed E-state index contributed by atoms with van der Waals surface area (Å²) < 4.78 is 37.3. The molecule has 1 saturated carbocycles. The van der Waals surface area contributed by atoms with Crippen LogP contribution in [-0.4, -0.2) is 17.2 Å². The Labute approximate surface area is 102 Å². The first-order valence-electron chi connectivity index (χ1n) is 5.74. The molecule has 0 bridgehead atoms. The quantitative estimate of drug-likeness (QED) is 0.905. The zero-order valence-electron chi connectivity index (χ0n) is 9.33. The van der Waals surface area contributed by atoms with Crippen LogP contribution in [0.5, 0.6) is 0 Å². The Kier molecular flexibility index (Phi) is 4.04. The van der Waals surface area contributed by atoms with Crippen LogP contribution in [-0.2, 0) is 6.54 Å². The highest BCUT2D eigenvalue weighted by molar-refractivity contribution is 7.09. The van der Waals surface area contributed by atoms with Crippen LogP contribution in [0.3, 0.4) is 0 Å². The van der Waals surface area contributed by atoms with Crippen molar-refractivity contribution in [2.75, 3.05) is 0 Å². The number of nitrogens with zero attached hydrogens (tertiary/aromatic N) is 1. The van der Waals surface area contributed by atoms with Crippen LogP contribution in [0.4, 0.5) is 13.2 Å². The van der Waals surface area contributed by atoms with Crippen LogP contribution in [0.1, 0.15) is 30.7 Å². The molecule has 0 amide bonds. The maximum absolute atomic E-state index is 12.4. The van der Waals surface area contributed by atoms with Gasteiger partial charge in [0.15, 0.2) is 0 Å². The lowest BCUT2D eigenvalue weighted by Gasteiger charge is -2.30. The highest BCUT2D eigenvalue weighted by Gasteiger charge is 2.41. The predicted octanol–water partition coefficient (Wildman–Crippen LogP) is 3.35. The second-order valence-corrected chi connectivity index (χ2v) is 5.38. The molecule has 0 aromatic carbocycles. The van der Waals surface area contributed by atoms with Crippen molar-refractivity contribution in [1.29, 1.82) is 0 Å². The van der Waals surface area contributed by atoms with Crippen molar-refractivity contribution < 1.29 is 13.2 Å². The molecule has 17 heavy (non-hydrogen) atoms. The molecular formula is C11H15F3N2S. The van der Waals surface area contributed by atoms with Gasteiger partial charge >= 0.3 is 6.18 Å². The van der Waals surface area contributed by atoms with Gasteiger partial charge in [0.1, 0.15) is 5.01 Å². The van der Waals surface area contributed by atoms with Gasteiger partial charge in [-0.15, -0.1) is 11.3 Å².